The largest absolute Gasteiger partial charge is 0 e. The third-order valence-electron chi connectivity index (χ3n) is 0. The minimum Gasteiger partial charge on any atom is 0 e. The number of hydrogen-bond acceptors (Lipinski definition) is 0. The molecule has 4 heavy (non-hydrogen) atoms. The fourth-order valence-corrected chi connectivity index (χ4v) is 0. The Balaban J connectivity index is 0. The van der Waals surface area contributed by atoms with E-state index in [1.54, 1.807) is 0 Å². The number of rotatable bonds is 0. The summed E-state index contributed by atoms with van der Waals surface area (Å²) in [5.41, 5.74) is 0. The van der Waals surface area contributed by atoms with Crippen molar-refractivity contribution >= 4 is 0 Å². The molecule has 0 heterocycles. The van der Waals surface area contributed by atoms with E-state index in [2.05, 4.69) is 0 Å². The van der Waals surface area contributed by atoms with E-state index in [4.69, 9.17) is 0 Å². The zero-order chi connectivity index (χ0) is 0. The molecule has 0 atom stereocenters. The Kier molecular flexibility index (Phi) is 160. The molecule has 0 fully saturated rings. The summed E-state index contributed by atoms with van der Waals surface area (Å²) in [4.78, 5) is 0. The Bertz CT molecular complexity index is 6.00. The molecule has 0 aliphatic heterocycles. The van der Waals surface area contributed by atoms with Crippen LogP contribution in [0.3, 0.4) is 0 Å². The molecule has 0 saturated carbocycles. The quantitative estimate of drug-likeness (QED) is 0.529. The van der Waals surface area contributed by atoms with Gasteiger partial charge in [-0.3, -0.25) is 0 Å². The van der Waals surface area contributed by atoms with E-state index in [9.17, 15) is 0 Å². The van der Waals surface area contributed by atoms with Crippen LogP contribution in [0.25, 0.3) is 0 Å². The van der Waals surface area contributed by atoms with Crippen molar-refractivity contribution in [2.75, 3.05) is 0 Å². The summed E-state index contributed by atoms with van der Waals surface area (Å²) in [5, 5.41) is 0. The van der Waals surface area contributed by atoms with E-state index in [0.717, 1.165) is 0 Å². The Morgan fingerprint density at radius 1 is 0.750 bits per heavy atom. The van der Waals surface area contributed by atoms with Gasteiger partial charge in [0.25, 0.3) is 0 Å². The summed E-state index contributed by atoms with van der Waals surface area (Å²) in [6.45, 7) is 0. The summed E-state index contributed by atoms with van der Waals surface area (Å²) in [6, 6.07) is 0. The van der Waals surface area contributed by atoms with Crippen LogP contribution >= 0.6 is 0 Å². The second-order valence-corrected chi connectivity index (χ2v) is 0. The monoisotopic (exact) mass is 245 g/mol. The molecule has 4 heteroatoms. The predicted octanol–water partition coefficient (Wildman–Crippen LogP) is -0.0100. The molecule has 0 N–H and O–H groups in total. The normalized spacial score (nSPS) is 0. The van der Waals surface area contributed by atoms with Gasteiger partial charge in [-0.1, -0.05) is 0 Å². The molecule has 1 radical (unpaired) electrons. The van der Waals surface area contributed by atoms with Crippen molar-refractivity contribution in [3.05, 3.63) is 0 Å². The molecule has 0 spiro atoms. The maximum atomic E-state index is 0. The van der Waals surface area contributed by atoms with Crippen molar-refractivity contribution in [2.24, 2.45) is 0 Å². The molecule has 23 valence electrons. The van der Waals surface area contributed by atoms with Gasteiger partial charge in [0.05, 0.1) is 0 Å². The van der Waals surface area contributed by atoms with Crippen LogP contribution < -0.4 is 0 Å². The molecule has 0 aromatic carbocycles. The van der Waals surface area contributed by atoms with Crippen LogP contribution in [0.2, 0.25) is 0 Å². The van der Waals surface area contributed by atoms with Gasteiger partial charge >= 0.3 is 0 Å². The van der Waals surface area contributed by atoms with Gasteiger partial charge in [0, 0.05) is 72.2 Å². The van der Waals surface area contributed by atoms with Crippen LogP contribution in [0.4, 0.5) is 0 Å². The first-order valence-corrected chi connectivity index (χ1v) is 0. The third-order valence-corrected chi connectivity index (χ3v) is 0. The summed E-state index contributed by atoms with van der Waals surface area (Å²) >= 11 is 0. The van der Waals surface area contributed by atoms with E-state index in [1.165, 1.54) is 0 Å². The second kappa shape index (κ2) is 18.7. The average molecular weight is 248 g/mol. The van der Waals surface area contributed by atoms with Crippen LogP contribution in [0.5, 0.6) is 0 Å². The van der Waals surface area contributed by atoms with Gasteiger partial charge < -0.3 is 0 Å². The van der Waals surface area contributed by atoms with E-state index in [0.29, 0.717) is 0 Å². The van der Waals surface area contributed by atoms with Crippen molar-refractivity contribution in [3.8, 4) is 0 Å². The molecule has 0 aliphatic carbocycles. The molecular formula is CoNiZn2. The van der Waals surface area contributed by atoms with Crippen molar-refractivity contribution in [2.45, 2.75) is 0 Å². The topological polar surface area (TPSA) is 0 Å². The molecule has 0 aromatic heterocycles. The summed E-state index contributed by atoms with van der Waals surface area (Å²) in [6.07, 6.45) is 0. The van der Waals surface area contributed by atoms with Crippen LogP contribution in [0.1, 0.15) is 0 Å². The molecule has 0 rings (SSSR count). The van der Waals surface area contributed by atoms with Gasteiger partial charge in [-0.05, 0) is 0 Å². The predicted molar refractivity (Wildman–Crippen MR) is 0 cm³/mol. The molecule has 0 unspecified atom stereocenters. The van der Waals surface area contributed by atoms with E-state index < -0.39 is 0 Å². The fourth-order valence-electron chi connectivity index (χ4n) is 0. The Labute approximate surface area is 71.5 Å². The SMILES string of the molecule is [Co].[Ni].[Zn].[Zn]. The maximum absolute atomic E-state index is 0. The van der Waals surface area contributed by atoms with Crippen molar-refractivity contribution < 1.29 is 72.2 Å². The van der Waals surface area contributed by atoms with Crippen molar-refractivity contribution in [1.82, 2.24) is 0 Å². The minimum atomic E-state index is 0. The average Bonchev–Trinajstić information content (AvgIpc) is 0. The van der Waals surface area contributed by atoms with Gasteiger partial charge in [-0.15, -0.1) is 0 Å². The molecule has 0 bridgehead atoms. The van der Waals surface area contributed by atoms with E-state index in [-0.39, 0.29) is 72.2 Å². The van der Waals surface area contributed by atoms with Gasteiger partial charge in [0.1, 0.15) is 0 Å². The molecule has 0 aromatic rings. The maximum Gasteiger partial charge on any atom is 0 e. The number of hydrogen-bond donors (Lipinski definition) is 0. The second-order valence-electron chi connectivity index (χ2n) is 0. The molecule has 0 nitrogen and oxygen atoms in total. The van der Waals surface area contributed by atoms with Gasteiger partial charge in [-0.25, -0.2) is 0 Å². The van der Waals surface area contributed by atoms with E-state index >= 15 is 0 Å². The molecular weight excluding hydrogens is 248 g/mol. The zero-order valence-electron chi connectivity index (χ0n) is 2.06. The van der Waals surface area contributed by atoms with Gasteiger partial charge in [-0.2, -0.15) is 0 Å². The van der Waals surface area contributed by atoms with Crippen LogP contribution in [0, 0.1) is 0 Å². The Morgan fingerprint density at radius 2 is 0.750 bits per heavy atom. The first-order chi connectivity index (χ1) is 0. The Hall–Kier alpha value is 2.25. The zero-order valence-corrected chi connectivity index (χ0v) is 10.0. The van der Waals surface area contributed by atoms with Gasteiger partial charge in [0.2, 0.25) is 0 Å². The molecule has 0 aliphatic rings. The standard InChI is InChI=1S/Co.Ni.2Zn. The smallest absolute Gasteiger partial charge is 0 e. The van der Waals surface area contributed by atoms with Gasteiger partial charge in [0.15, 0.2) is 0 Å². The first-order valence-electron chi connectivity index (χ1n) is 0. The van der Waals surface area contributed by atoms with Crippen LogP contribution in [0.15, 0.2) is 0 Å². The minimum absolute atomic E-state index is 0. The summed E-state index contributed by atoms with van der Waals surface area (Å²) in [5.74, 6) is 0. The third kappa shape index (κ3) is 8.87. The summed E-state index contributed by atoms with van der Waals surface area (Å²) < 4.78 is 0. The van der Waals surface area contributed by atoms with Crippen LogP contribution in [-0.4, -0.2) is 0 Å². The molecule has 0 saturated heterocycles. The summed E-state index contributed by atoms with van der Waals surface area (Å²) in [7, 11) is 0. The Morgan fingerprint density at radius 3 is 0.750 bits per heavy atom. The van der Waals surface area contributed by atoms with Crippen molar-refractivity contribution in [1.29, 1.82) is 0 Å². The molecule has 0 amide bonds. The first kappa shape index (κ1) is 34.1. The van der Waals surface area contributed by atoms with E-state index in [1.807, 2.05) is 0 Å². The van der Waals surface area contributed by atoms with Crippen LogP contribution in [-0.2, 0) is 72.2 Å². The van der Waals surface area contributed by atoms with Crippen molar-refractivity contribution in [3.63, 3.8) is 0 Å². The fraction of sp³-hybridized carbons (Fsp3) is 0.